The first kappa shape index (κ1) is 19.5. The highest BCUT2D eigenvalue weighted by Gasteiger charge is 2.50. The number of hydrogen-bond donors (Lipinski definition) is 1. The molecule has 2 heterocycles. The minimum atomic E-state index is -0.894. The van der Waals surface area contributed by atoms with Gasteiger partial charge in [-0.2, -0.15) is 0 Å². The fourth-order valence-electron chi connectivity index (χ4n) is 3.86. The molecule has 4 rings (SSSR count). The maximum Gasteiger partial charge on any atom is 0.258 e. The minimum Gasteiger partial charge on any atom is -0.494 e. The van der Waals surface area contributed by atoms with Gasteiger partial charge in [0, 0.05) is 37.2 Å². The Kier molecular flexibility index (Phi) is 5.53. The third kappa shape index (κ3) is 3.72. The molecule has 0 saturated carbocycles. The van der Waals surface area contributed by atoms with E-state index in [1.165, 1.54) is 0 Å². The number of para-hydroxylation sites is 1. The number of aliphatic hydroxyl groups excluding tert-OH is 1. The van der Waals surface area contributed by atoms with Crippen molar-refractivity contribution in [3.63, 3.8) is 0 Å². The molecule has 1 amide bonds. The van der Waals surface area contributed by atoms with Crippen molar-refractivity contribution in [2.45, 2.75) is 31.7 Å². The second kappa shape index (κ2) is 8.25. The summed E-state index contributed by atoms with van der Waals surface area (Å²) in [5.41, 5.74) is 2.04. The van der Waals surface area contributed by atoms with Crippen LogP contribution in [0.15, 0.2) is 53.5 Å². The van der Waals surface area contributed by atoms with E-state index in [0.717, 1.165) is 29.0 Å². The quantitative estimate of drug-likeness (QED) is 0.733. The lowest BCUT2D eigenvalue weighted by Gasteiger charge is -2.37. The van der Waals surface area contributed by atoms with E-state index < -0.39 is 5.54 Å². The van der Waals surface area contributed by atoms with Gasteiger partial charge in [-0.3, -0.25) is 4.79 Å². The molecule has 0 fully saturated rings. The SMILES string of the molecule is CCCN1C(=O)[C@]2(COC(c3ccc(OCCCO)cc3)=N2)Cc2ccccc21. The summed E-state index contributed by atoms with van der Waals surface area (Å²) in [5.74, 6) is 1.24. The molecule has 1 N–H and O–H groups in total. The first-order chi connectivity index (χ1) is 14.2. The average molecular weight is 394 g/mol. The van der Waals surface area contributed by atoms with Crippen molar-refractivity contribution < 1.29 is 19.4 Å². The van der Waals surface area contributed by atoms with Gasteiger partial charge in [-0.05, 0) is 42.3 Å². The van der Waals surface area contributed by atoms with Gasteiger partial charge in [0.1, 0.15) is 12.4 Å². The summed E-state index contributed by atoms with van der Waals surface area (Å²) in [6.45, 7) is 3.57. The summed E-state index contributed by atoms with van der Waals surface area (Å²) >= 11 is 0. The predicted molar refractivity (Wildman–Crippen MR) is 112 cm³/mol. The number of aliphatic hydroxyl groups is 1. The van der Waals surface area contributed by atoms with Crippen molar-refractivity contribution in [3.05, 3.63) is 59.7 Å². The second-order valence-corrected chi connectivity index (χ2v) is 7.45. The van der Waals surface area contributed by atoms with Crippen LogP contribution in [0.2, 0.25) is 0 Å². The van der Waals surface area contributed by atoms with E-state index in [-0.39, 0.29) is 19.1 Å². The molecule has 29 heavy (non-hydrogen) atoms. The smallest absolute Gasteiger partial charge is 0.258 e. The van der Waals surface area contributed by atoms with E-state index in [4.69, 9.17) is 19.6 Å². The minimum absolute atomic E-state index is 0.0111. The molecule has 0 radical (unpaired) electrons. The highest BCUT2D eigenvalue weighted by molar-refractivity contribution is 6.07. The maximum absolute atomic E-state index is 13.4. The molecule has 6 heteroatoms. The average Bonchev–Trinajstić information content (AvgIpc) is 3.17. The number of carbonyl (C=O) groups excluding carboxylic acids is 1. The molecule has 0 saturated heterocycles. The van der Waals surface area contributed by atoms with Gasteiger partial charge in [0.25, 0.3) is 5.91 Å². The van der Waals surface area contributed by atoms with Crippen LogP contribution in [-0.2, 0) is 16.0 Å². The van der Waals surface area contributed by atoms with Crippen LogP contribution in [0.5, 0.6) is 5.75 Å². The Labute approximate surface area is 170 Å². The number of rotatable bonds is 7. The van der Waals surface area contributed by atoms with Crippen molar-refractivity contribution in [3.8, 4) is 5.75 Å². The maximum atomic E-state index is 13.4. The van der Waals surface area contributed by atoms with Gasteiger partial charge in [-0.15, -0.1) is 0 Å². The van der Waals surface area contributed by atoms with E-state index in [1.807, 2.05) is 47.4 Å². The molecule has 0 aliphatic carbocycles. The number of benzene rings is 2. The molecule has 2 aromatic carbocycles. The monoisotopic (exact) mass is 394 g/mol. The van der Waals surface area contributed by atoms with Crippen LogP contribution in [0.25, 0.3) is 0 Å². The zero-order chi connectivity index (χ0) is 20.3. The van der Waals surface area contributed by atoms with E-state index in [1.54, 1.807) is 0 Å². The summed E-state index contributed by atoms with van der Waals surface area (Å²) in [6, 6.07) is 15.5. The number of nitrogens with zero attached hydrogens (tertiary/aromatic N) is 2. The Morgan fingerprint density at radius 3 is 2.76 bits per heavy atom. The van der Waals surface area contributed by atoms with Crippen molar-refractivity contribution in [1.82, 2.24) is 0 Å². The molecular weight excluding hydrogens is 368 g/mol. The molecule has 152 valence electrons. The van der Waals surface area contributed by atoms with Gasteiger partial charge in [-0.1, -0.05) is 25.1 Å². The van der Waals surface area contributed by atoms with Crippen LogP contribution >= 0.6 is 0 Å². The largest absolute Gasteiger partial charge is 0.494 e. The molecule has 2 aliphatic rings. The highest BCUT2D eigenvalue weighted by atomic mass is 16.5. The highest BCUT2D eigenvalue weighted by Crippen LogP contribution is 2.38. The number of fused-ring (bicyclic) bond motifs is 1. The predicted octanol–water partition coefficient (Wildman–Crippen LogP) is 2.96. The molecule has 0 unspecified atom stereocenters. The number of anilines is 1. The number of amides is 1. The van der Waals surface area contributed by atoms with E-state index in [2.05, 4.69) is 13.0 Å². The lowest BCUT2D eigenvalue weighted by atomic mass is 9.85. The standard InChI is InChI=1S/C23H26N2O4/c1-2-12-25-20-7-4-3-6-18(20)15-23(22(25)27)16-29-21(24-23)17-8-10-19(11-9-17)28-14-5-13-26/h3-4,6-11,26H,2,5,12-16H2,1H3/t23-/m1/s1. The molecule has 6 nitrogen and oxygen atoms in total. The van der Waals surface area contributed by atoms with Crippen LogP contribution < -0.4 is 9.64 Å². The summed E-state index contributed by atoms with van der Waals surface area (Å²) < 4.78 is 11.5. The van der Waals surface area contributed by atoms with Gasteiger partial charge < -0.3 is 19.5 Å². The van der Waals surface area contributed by atoms with E-state index in [0.29, 0.717) is 31.9 Å². The Balaban J connectivity index is 1.59. The molecule has 1 spiro atoms. The third-order valence-electron chi connectivity index (χ3n) is 5.29. The van der Waals surface area contributed by atoms with Crippen LogP contribution in [-0.4, -0.2) is 48.8 Å². The third-order valence-corrected chi connectivity index (χ3v) is 5.29. The normalized spacial score (nSPS) is 20.4. The van der Waals surface area contributed by atoms with Gasteiger partial charge in [0.15, 0.2) is 5.54 Å². The Bertz CT molecular complexity index is 909. The topological polar surface area (TPSA) is 71.4 Å². The van der Waals surface area contributed by atoms with E-state index >= 15 is 0 Å². The van der Waals surface area contributed by atoms with Crippen LogP contribution in [0.3, 0.4) is 0 Å². The molecule has 1 atom stereocenters. The molecule has 0 aromatic heterocycles. The van der Waals surface area contributed by atoms with Crippen molar-refractivity contribution in [2.24, 2.45) is 4.99 Å². The zero-order valence-corrected chi connectivity index (χ0v) is 16.6. The Hall–Kier alpha value is -2.86. The molecule has 0 bridgehead atoms. The van der Waals surface area contributed by atoms with Gasteiger partial charge >= 0.3 is 0 Å². The van der Waals surface area contributed by atoms with Gasteiger partial charge in [0.05, 0.1) is 6.61 Å². The van der Waals surface area contributed by atoms with Crippen molar-refractivity contribution in [1.29, 1.82) is 0 Å². The summed E-state index contributed by atoms with van der Waals surface area (Å²) in [5, 5.41) is 8.84. The Morgan fingerprint density at radius 1 is 1.21 bits per heavy atom. The summed E-state index contributed by atoms with van der Waals surface area (Å²) in [4.78, 5) is 20.0. The summed E-state index contributed by atoms with van der Waals surface area (Å²) in [7, 11) is 0. The van der Waals surface area contributed by atoms with Crippen molar-refractivity contribution in [2.75, 3.05) is 31.3 Å². The first-order valence-electron chi connectivity index (χ1n) is 10.1. The number of aliphatic imine (C=N–C) groups is 1. The van der Waals surface area contributed by atoms with Crippen LogP contribution in [0, 0.1) is 0 Å². The first-order valence-corrected chi connectivity index (χ1v) is 10.1. The number of carbonyl (C=O) groups is 1. The van der Waals surface area contributed by atoms with Crippen molar-refractivity contribution >= 4 is 17.5 Å². The second-order valence-electron chi connectivity index (χ2n) is 7.45. The fourth-order valence-corrected chi connectivity index (χ4v) is 3.86. The fraction of sp³-hybridized carbons (Fsp3) is 0.391. The number of ether oxygens (including phenoxy) is 2. The lowest BCUT2D eigenvalue weighted by molar-refractivity contribution is -0.124. The van der Waals surface area contributed by atoms with Crippen LogP contribution in [0.4, 0.5) is 5.69 Å². The summed E-state index contributed by atoms with van der Waals surface area (Å²) in [6.07, 6.45) is 2.03. The lowest BCUT2D eigenvalue weighted by Crippen LogP contribution is -2.54. The van der Waals surface area contributed by atoms with Crippen LogP contribution in [0.1, 0.15) is 30.9 Å². The molecule has 2 aromatic rings. The Morgan fingerprint density at radius 2 is 2.00 bits per heavy atom. The zero-order valence-electron chi connectivity index (χ0n) is 16.6. The van der Waals surface area contributed by atoms with Gasteiger partial charge in [-0.25, -0.2) is 4.99 Å². The molecule has 2 aliphatic heterocycles. The van der Waals surface area contributed by atoms with E-state index in [9.17, 15) is 4.79 Å². The van der Waals surface area contributed by atoms with Gasteiger partial charge in [0.2, 0.25) is 5.90 Å². The molecular formula is C23H26N2O4. The number of hydrogen-bond acceptors (Lipinski definition) is 5.